The van der Waals surface area contributed by atoms with E-state index in [9.17, 15) is 0 Å². The molecule has 1 aliphatic heterocycles. The van der Waals surface area contributed by atoms with Gasteiger partial charge in [0, 0.05) is 11.5 Å². The largest absolute Gasteiger partial charge is 0.433 e. The molecule has 3 heteroatoms. The van der Waals surface area contributed by atoms with Gasteiger partial charge < -0.3 is 4.74 Å². The number of halogens is 1. The van der Waals surface area contributed by atoms with Gasteiger partial charge in [0.05, 0.1) is 9.49 Å². The van der Waals surface area contributed by atoms with Crippen molar-refractivity contribution in [2.45, 2.75) is 36.8 Å². The van der Waals surface area contributed by atoms with Crippen molar-refractivity contribution in [1.82, 2.24) is 0 Å². The zero-order valence-electron chi connectivity index (χ0n) is 10.9. The summed E-state index contributed by atoms with van der Waals surface area (Å²) in [4.78, 5) is 0. The van der Waals surface area contributed by atoms with E-state index in [0.717, 1.165) is 12.4 Å². The quantitative estimate of drug-likeness (QED) is 0.435. The standard InChI is InChI=1S/C15H17INO/c1-10-8-14-17(9-13(18-14)15(2,3)16)12-7-5-4-6-11(10)12/h4-8,13H,9H2,1-3H3/q+1. The van der Waals surface area contributed by atoms with Crippen molar-refractivity contribution in [2.24, 2.45) is 0 Å². The van der Waals surface area contributed by atoms with Crippen LogP contribution in [0.3, 0.4) is 0 Å². The molecule has 1 aromatic heterocycles. The summed E-state index contributed by atoms with van der Waals surface area (Å²) in [5.74, 6) is 1.00. The number of fused-ring (bicyclic) bond motifs is 3. The Labute approximate surface area is 121 Å². The lowest BCUT2D eigenvalue weighted by Crippen LogP contribution is -2.40. The van der Waals surface area contributed by atoms with Crippen molar-refractivity contribution in [3.8, 4) is 5.88 Å². The molecule has 1 atom stereocenters. The van der Waals surface area contributed by atoms with Crippen LogP contribution >= 0.6 is 22.6 Å². The molecule has 18 heavy (non-hydrogen) atoms. The number of benzene rings is 1. The Hall–Kier alpha value is -0.840. The molecule has 3 rings (SSSR count). The number of rotatable bonds is 1. The molecule has 0 spiro atoms. The fraction of sp³-hybridized carbons (Fsp3) is 0.400. The second-order valence-electron chi connectivity index (χ2n) is 5.46. The minimum atomic E-state index is 0.138. The highest BCUT2D eigenvalue weighted by Gasteiger charge is 2.41. The van der Waals surface area contributed by atoms with Crippen LogP contribution in [0.25, 0.3) is 10.9 Å². The summed E-state index contributed by atoms with van der Waals surface area (Å²) in [5, 5.41) is 1.32. The molecule has 2 nitrogen and oxygen atoms in total. The third-order valence-corrected chi connectivity index (χ3v) is 4.30. The topological polar surface area (TPSA) is 13.1 Å². The number of para-hydroxylation sites is 1. The first-order chi connectivity index (χ1) is 8.47. The van der Waals surface area contributed by atoms with Gasteiger partial charge in [-0.2, -0.15) is 4.57 Å². The molecule has 0 fully saturated rings. The smallest absolute Gasteiger partial charge is 0.369 e. The molecule has 1 unspecified atom stereocenters. The fourth-order valence-electron chi connectivity index (χ4n) is 2.49. The number of pyridine rings is 1. The van der Waals surface area contributed by atoms with E-state index >= 15 is 0 Å². The second kappa shape index (κ2) is 4.08. The first-order valence-corrected chi connectivity index (χ1v) is 7.32. The van der Waals surface area contributed by atoms with Crippen LogP contribution in [0.5, 0.6) is 5.88 Å². The van der Waals surface area contributed by atoms with Gasteiger partial charge in [-0.05, 0) is 32.4 Å². The van der Waals surface area contributed by atoms with Crippen LogP contribution in [0.1, 0.15) is 19.4 Å². The maximum Gasteiger partial charge on any atom is 0.369 e. The Bertz CT molecular complexity index is 616. The zero-order chi connectivity index (χ0) is 12.9. The van der Waals surface area contributed by atoms with Crippen LogP contribution in [-0.4, -0.2) is 9.53 Å². The number of alkyl halides is 1. The van der Waals surface area contributed by atoms with E-state index in [4.69, 9.17) is 4.74 Å². The van der Waals surface area contributed by atoms with Crippen LogP contribution < -0.4 is 9.30 Å². The monoisotopic (exact) mass is 354 g/mol. The average molecular weight is 354 g/mol. The molecule has 94 valence electrons. The van der Waals surface area contributed by atoms with Gasteiger partial charge in [-0.3, -0.25) is 0 Å². The van der Waals surface area contributed by atoms with E-state index in [-0.39, 0.29) is 9.53 Å². The fourth-order valence-corrected chi connectivity index (χ4v) is 2.82. The van der Waals surface area contributed by atoms with Gasteiger partial charge in [-0.15, -0.1) is 0 Å². The normalized spacial score (nSPS) is 18.8. The van der Waals surface area contributed by atoms with E-state index in [1.165, 1.54) is 16.5 Å². The van der Waals surface area contributed by atoms with Gasteiger partial charge in [-0.1, -0.05) is 34.7 Å². The van der Waals surface area contributed by atoms with Gasteiger partial charge in [0.25, 0.3) is 0 Å². The number of aryl methyl sites for hydroxylation is 1. The molecule has 0 saturated heterocycles. The zero-order valence-corrected chi connectivity index (χ0v) is 13.1. The van der Waals surface area contributed by atoms with Crippen molar-refractivity contribution in [3.63, 3.8) is 0 Å². The molecule has 0 saturated carbocycles. The van der Waals surface area contributed by atoms with Crippen molar-refractivity contribution >= 4 is 33.5 Å². The van der Waals surface area contributed by atoms with Gasteiger partial charge in [0.2, 0.25) is 5.52 Å². The number of aromatic nitrogens is 1. The lowest BCUT2D eigenvalue weighted by atomic mass is 10.1. The molecule has 0 aliphatic carbocycles. The lowest BCUT2D eigenvalue weighted by Gasteiger charge is -2.20. The Kier molecular flexibility index (Phi) is 2.77. The highest BCUT2D eigenvalue weighted by molar-refractivity contribution is 14.1. The molecule has 2 heterocycles. The minimum absolute atomic E-state index is 0.138. The van der Waals surface area contributed by atoms with Gasteiger partial charge in [0.1, 0.15) is 0 Å². The highest BCUT2D eigenvalue weighted by atomic mass is 127. The maximum atomic E-state index is 6.12. The Morgan fingerprint density at radius 2 is 2.06 bits per heavy atom. The molecule has 0 bridgehead atoms. The minimum Gasteiger partial charge on any atom is -0.433 e. The van der Waals surface area contributed by atoms with Crippen molar-refractivity contribution in [2.75, 3.05) is 0 Å². The van der Waals surface area contributed by atoms with Crippen molar-refractivity contribution < 1.29 is 9.30 Å². The molecular weight excluding hydrogens is 337 g/mol. The predicted octanol–water partition coefficient (Wildman–Crippen LogP) is 3.41. The van der Waals surface area contributed by atoms with E-state index in [0.29, 0.717) is 0 Å². The van der Waals surface area contributed by atoms with E-state index in [1.54, 1.807) is 0 Å². The van der Waals surface area contributed by atoms with Gasteiger partial charge in [0.15, 0.2) is 12.6 Å². The Morgan fingerprint density at radius 1 is 1.33 bits per heavy atom. The Balaban J connectivity index is 2.17. The predicted molar refractivity (Wildman–Crippen MR) is 81.4 cm³/mol. The summed E-state index contributed by atoms with van der Waals surface area (Å²) >= 11 is 2.47. The third-order valence-electron chi connectivity index (χ3n) is 3.60. The molecule has 0 N–H and O–H groups in total. The molecular formula is C15H17INO+. The number of ether oxygens (including phenoxy) is 1. The number of nitrogens with zero attached hydrogens (tertiary/aromatic N) is 1. The summed E-state index contributed by atoms with van der Waals surface area (Å²) in [6, 6.07) is 10.7. The summed E-state index contributed by atoms with van der Waals surface area (Å²) in [7, 11) is 0. The maximum absolute atomic E-state index is 6.12. The van der Waals surface area contributed by atoms with Crippen molar-refractivity contribution in [3.05, 3.63) is 35.9 Å². The first kappa shape index (κ1) is 12.2. The molecule has 1 aromatic carbocycles. The van der Waals surface area contributed by atoms with E-state index in [2.05, 4.69) is 78.3 Å². The van der Waals surface area contributed by atoms with Gasteiger partial charge in [-0.25, -0.2) is 0 Å². The number of hydrogen-bond donors (Lipinski definition) is 0. The van der Waals surface area contributed by atoms with Crippen LogP contribution in [0, 0.1) is 6.92 Å². The van der Waals surface area contributed by atoms with E-state index in [1.807, 2.05) is 0 Å². The first-order valence-electron chi connectivity index (χ1n) is 6.24. The molecule has 0 amide bonds. The number of hydrogen-bond acceptors (Lipinski definition) is 1. The SMILES string of the molecule is Cc1cc2[n+](c3ccccc13)CC(C(C)(C)I)O2. The van der Waals surface area contributed by atoms with Crippen LogP contribution in [-0.2, 0) is 6.54 Å². The third kappa shape index (κ3) is 1.88. The summed E-state index contributed by atoms with van der Waals surface area (Å²) in [6.45, 7) is 7.53. The molecule has 1 aliphatic rings. The molecule has 0 radical (unpaired) electrons. The van der Waals surface area contributed by atoms with Gasteiger partial charge >= 0.3 is 5.88 Å². The second-order valence-corrected chi connectivity index (χ2v) is 8.24. The van der Waals surface area contributed by atoms with Crippen LogP contribution in [0.4, 0.5) is 0 Å². The summed E-state index contributed by atoms with van der Waals surface area (Å²) in [6.07, 6.45) is 0.239. The lowest BCUT2D eigenvalue weighted by molar-refractivity contribution is -0.656. The van der Waals surface area contributed by atoms with E-state index < -0.39 is 0 Å². The summed E-state index contributed by atoms with van der Waals surface area (Å²) in [5.41, 5.74) is 2.56. The van der Waals surface area contributed by atoms with Crippen molar-refractivity contribution in [1.29, 1.82) is 0 Å². The van der Waals surface area contributed by atoms with Crippen LogP contribution in [0.15, 0.2) is 30.3 Å². The van der Waals surface area contributed by atoms with Crippen LogP contribution in [0.2, 0.25) is 0 Å². The summed E-state index contributed by atoms with van der Waals surface area (Å²) < 4.78 is 8.55. The molecule has 2 aromatic rings. The highest BCUT2D eigenvalue weighted by Crippen LogP contribution is 2.31. The Morgan fingerprint density at radius 3 is 2.78 bits per heavy atom. The average Bonchev–Trinajstić information content (AvgIpc) is 2.73.